The Labute approximate surface area is 63.1 Å². The summed E-state index contributed by atoms with van der Waals surface area (Å²) in [6.07, 6.45) is -2.63. The van der Waals surface area contributed by atoms with Crippen molar-refractivity contribution in [3.8, 4) is 0 Å². The number of piperidine rings is 1. The van der Waals surface area contributed by atoms with E-state index >= 15 is 0 Å². The molecule has 1 rings (SSSR count). The van der Waals surface area contributed by atoms with E-state index in [4.69, 9.17) is 5.84 Å². The number of nitrogens with zero attached hydrogens (tertiary/aromatic N) is 1. The van der Waals surface area contributed by atoms with E-state index in [9.17, 15) is 13.2 Å². The summed E-state index contributed by atoms with van der Waals surface area (Å²) in [5.74, 6) is 5.18. The second-order valence-electron chi connectivity index (χ2n) is 2.79. The molecular weight excluding hydrogens is 157 g/mol. The lowest BCUT2D eigenvalue weighted by molar-refractivity contribution is -0.191. The standard InChI is InChI=1S/C6H11F3N2/c7-6(8,9)5-3-1-2-4-11(5)10/h5H,1-4,10H2. The molecule has 1 aliphatic heterocycles. The molecule has 2 nitrogen and oxygen atoms in total. The van der Waals surface area contributed by atoms with Gasteiger partial charge in [-0.3, -0.25) is 5.84 Å². The first-order chi connectivity index (χ1) is 5.02. The van der Waals surface area contributed by atoms with Gasteiger partial charge >= 0.3 is 6.18 Å². The quantitative estimate of drug-likeness (QED) is 0.552. The van der Waals surface area contributed by atoms with Crippen molar-refractivity contribution in [1.82, 2.24) is 5.01 Å². The van der Waals surface area contributed by atoms with Crippen LogP contribution in [-0.2, 0) is 0 Å². The minimum atomic E-state index is -4.16. The van der Waals surface area contributed by atoms with Gasteiger partial charge in [-0.05, 0) is 12.8 Å². The molecule has 1 saturated heterocycles. The summed E-state index contributed by atoms with van der Waals surface area (Å²) in [6.45, 7) is 0.351. The van der Waals surface area contributed by atoms with E-state index in [-0.39, 0.29) is 6.42 Å². The van der Waals surface area contributed by atoms with Gasteiger partial charge in [-0.25, -0.2) is 5.01 Å². The van der Waals surface area contributed by atoms with E-state index in [1.807, 2.05) is 0 Å². The van der Waals surface area contributed by atoms with Crippen molar-refractivity contribution in [2.45, 2.75) is 31.5 Å². The average molecular weight is 168 g/mol. The molecule has 0 aromatic rings. The Hall–Kier alpha value is -0.290. The van der Waals surface area contributed by atoms with Gasteiger partial charge in [0.25, 0.3) is 0 Å². The van der Waals surface area contributed by atoms with Gasteiger partial charge in [-0.2, -0.15) is 13.2 Å². The average Bonchev–Trinajstić information content (AvgIpc) is 1.86. The normalized spacial score (nSPS) is 28.9. The first-order valence-corrected chi connectivity index (χ1v) is 3.60. The molecule has 5 heteroatoms. The Bertz CT molecular complexity index is 134. The van der Waals surface area contributed by atoms with Crippen molar-refractivity contribution in [2.24, 2.45) is 5.84 Å². The lowest BCUT2D eigenvalue weighted by Crippen LogP contribution is -2.52. The lowest BCUT2D eigenvalue weighted by Gasteiger charge is -2.32. The van der Waals surface area contributed by atoms with Crippen molar-refractivity contribution < 1.29 is 13.2 Å². The summed E-state index contributed by atoms with van der Waals surface area (Å²) in [4.78, 5) is 0. The Morgan fingerprint density at radius 3 is 2.27 bits per heavy atom. The maximum atomic E-state index is 12.1. The summed E-state index contributed by atoms with van der Waals surface area (Å²) in [6, 6.07) is -1.42. The largest absolute Gasteiger partial charge is 0.405 e. The van der Waals surface area contributed by atoms with Gasteiger partial charge in [-0.1, -0.05) is 6.42 Å². The zero-order valence-corrected chi connectivity index (χ0v) is 6.06. The number of halogens is 3. The fourth-order valence-electron chi connectivity index (χ4n) is 1.31. The Morgan fingerprint density at radius 2 is 1.91 bits per heavy atom. The molecule has 1 aliphatic rings. The van der Waals surface area contributed by atoms with E-state index in [1.54, 1.807) is 0 Å². The number of alkyl halides is 3. The number of nitrogens with two attached hydrogens (primary N) is 1. The van der Waals surface area contributed by atoms with Crippen LogP contribution < -0.4 is 5.84 Å². The summed E-state index contributed by atoms with van der Waals surface area (Å²) in [7, 11) is 0. The van der Waals surface area contributed by atoms with E-state index < -0.39 is 12.2 Å². The van der Waals surface area contributed by atoms with Gasteiger partial charge < -0.3 is 0 Å². The predicted molar refractivity (Wildman–Crippen MR) is 34.6 cm³/mol. The highest BCUT2D eigenvalue weighted by molar-refractivity contribution is 4.79. The van der Waals surface area contributed by atoms with Crippen LogP contribution >= 0.6 is 0 Å². The Balaban J connectivity index is 2.55. The molecule has 0 bridgehead atoms. The second-order valence-corrected chi connectivity index (χ2v) is 2.79. The first kappa shape index (κ1) is 8.80. The van der Waals surface area contributed by atoms with Crippen LogP contribution in [0, 0.1) is 0 Å². The van der Waals surface area contributed by atoms with Crippen LogP contribution in [0.4, 0.5) is 13.2 Å². The summed E-state index contributed by atoms with van der Waals surface area (Å²) < 4.78 is 36.2. The molecule has 11 heavy (non-hydrogen) atoms. The lowest BCUT2D eigenvalue weighted by atomic mass is 10.0. The number of hydrogen-bond donors (Lipinski definition) is 1. The zero-order valence-electron chi connectivity index (χ0n) is 6.06. The molecule has 1 unspecified atom stereocenters. The molecule has 66 valence electrons. The Morgan fingerprint density at radius 1 is 1.27 bits per heavy atom. The van der Waals surface area contributed by atoms with Crippen molar-refractivity contribution in [3.05, 3.63) is 0 Å². The van der Waals surface area contributed by atoms with Crippen LogP contribution in [0.1, 0.15) is 19.3 Å². The monoisotopic (exact) mass is 168 g/mol. The molecule has 0 aromatic carbocycles. The molecule has 1 fully saturated rings. The molecule has 0 radical (unpaired) electrons. The zero-order chi connectivity index (χ0) is 8.48. The smallest absolute Gasteiger partial charge is 0.268 e. The fraction of sp³-hybridized carbons (Fsp3) is 1.00. The maximum absolute atomic E-state index is 12.1. The minimum absolute atomic E-state index is 0.139. The van der Waals surface area contributed by atoms with Crippen LogP contribution in [0.2, 0.25) is 0 Å². The van der Waals surface area contributed by atoms with Gasteiger partial charge in [0.2, 0.25) is 0 Å². The van der Waals surface area contributed by atoms with Crippen molar-refractivity contribution >= 4 is 0 Å². The van der Waals surface area contributed by atoms with Crippen LogP contribution in [0.5, 0.6) is 0 Å². The highest BCUT2D eigenvalue weighted by atomic mass is 19.4. The predicted octanol–water partition coefficient (Wildman–Crippen LogP) is 1.28. The van der Waals surface area contributed by atoms with Crippen molar-refractivity contribution in [1.29, 1.82) is 0 Å². The third-order valence-corrected chi connectivity index (χ3v) is 1.92. The fourth-order valence-corrected chi connectivity index (χ4v) is 1.31. The highest BCUT2D eigenvalue weighted by Crippen LogP contribution is 2.29. The van der Waals surface area contributed by atoms with Gasteiger partial charge in [0, 0.05) is 6.54 Å². The first-order valence-electron chi connectivity index (χ1n) is 3.60. The third kappa shape index (κ3) is 2.07. The minimum Gasteiger partial charge on any atom is -0.268 e. The van der Waals surface area contributed by atoms with Gasteiger partial charge in [0.05, 0.1) is 0 Å². The highest BCUT2D eigenvalue weighted by Gasteiger charge is 2.43. The van der Waals surface area contributed by atoms with Crippen molar-refractivity contribution in [3.63, 3.8) is 0 Å². The maximum Gasteiger partial charge on any atom is 0.405 e. The van der Waals surface area contributed by atoms with Gasteiger partial charge in [-0.15, -0.1) is 0 Å². The summed E-state index contributed by atoms with van der Waals surface area (Å²) in [5.41, 5.74) is 0. The van der Waals surface area contributed by atoms with E-state index in [0.29, 0.717) is 13.0 Å². The van der Waals surface area contributed by atoms with E-state index in [1.165, 1.54) is 0 Å². The second kappa shape index (κ2) is 2.98. The summed E-state index contributed by atoms with van der Waals surface area (Å²) >= 11 is 0. The SMILES string of the molecule is NN1CCCCC1C(F)(F)F. The topological polar surface area (TPSA) is 29.3 Å². The third-order valence-electron chi connectivity index (χ3n) is 1.92. The number of hydrazine groups is 1. The number of hydrogen-bond acceptors (Lipinski definition) is 2. The number of rotatable bonds is 0. The van der Waals surface area contributed by atoms with Crippen LogP contribution in [0.15, 0.2) is 0 Å². The van der Waals surface area contributed by atoms with E-state index in [2.05, 4.69) is 0 Å². The van der Waals surface area contributed by atoms with Crippen LogP contribution in [0.25, 0.3) is 0 Å². The molecule has 0 aromatic heterocycles. The molecule has 0 amide bonds. The molecule has 1 atom stereocenters. The molecule has 1 heterocycles. The van der Waals surface area contributed by atoms with Crippen LogP contribution in [-0.4, -0.2) is 23.8 Å². The van der Waals surface area contributed by atoms with Crippen molar-refractivity contribution in [2.75, 3.05) is 6.54 Å². The molecule has 0 saturated carbocycles. The van der Waals surface area contributed by atoms with Crippen LogP contribution in [0.3, 0.4) is 0 Å². The van der Waals surface area contributed by atoms with E-state index in [0.717, 1.165) is 11.4 Å². The Kier molecular flexibility index (Phi) is 2.39. The molecule has 2 N–H and O–H groups in total. The molecule has 0 spiro atoms. The summed E-state index contributed by atoms with van der Waals surface area (Å²) in [5, 5.41) is 0.892. The van der Waals surface area contributed by atoms with Gasteiger partial charge in [0.1, 0.15) is 6.04 Å². The molecular formula is C6H11F3N2. The molecule has 0 aliphatic carbocycles. The van der Waals surface area contributed by atoms with Gasteiger partial charge in [0.15, 0.2) is 0 Å².